The minimum absolute atomic E-state index is 0.00813. The Morgan fingerprint density at radius 3 is 2.40 bits per heavy atom. The lowest BCUT2D eigenvalue weighted by molar-refractivity contribution is 0.601. The first-order valence-corrected chi connectivity index (χ1v) is 8.02. The van der Waals surface area contributed by atoms with Gasteiger partial charge in [-0.3, -0.25) is 4.72 Å². The molecule has 106 valence electrons. The number of nitrogens with one attached hydrogen (secondary N) is 1. The van der Waals surface area contributed by atoms with Crippen LogP contribution in [0.25, 0.3) is 0 Å². The van der Waals surface area contributed by atoms with Gasteiger partial charge in [-0.2, -0.15) is 0 Å². The number of hydrogen-bond acceptors (Lipinski definition) is 3. The Labute approximate surface area is 131 Å². The molecule has 0 radical (unpaired) electrons. The summed E-state index contributed by atoms with van der Waals surface area (Å²) in [7, 11) is -3.82. The lowest BCUT2D eigenvalue weighted by Gasteiger charge is -2.11. The topological polar surface area (TPSA) is 59.1 Å². The highest BCUT2D eigenvalue weighted by Gasteiger charge is 2.18. The van der Waals surface area contributed by atoms with E-state index < -0.39 is 10.0 Å². The zero-order valence-corrected chi connectivity index (χ0v) is 13.3. The van der Waals surface area contributed by atoms with E-state index in [2.05, 4.69) is 9.71 Å². The number of anilines is 1. The van der Waals surface area contributed by atoms with Crippen LogP contribution in [-0.2, 0) is 10.0 Å². The minimum atomic E-state index is -3.82. The Morgan fingerprint density at radius 1 is 1.10 bits per heavy atom. The second kappa shape index (κ2) is 5.77. The van der Waals surface area contributed by atoms with Crippen LogP contribution in [0.2, 0.25) is 15.2 Å². The van der Waals surface area contributed by atoms with Crippen molar-refractivity contribution in [3.8, 4) is 0 Å². The van der Waals surface area contributed by atoms with E-state index in [-0.39, 0.29) is 25.8 Å². The van der Waals surface area contributed by atoms with E-state index in [0.29, 0.717) is 5.56 Å². The first kappa shape index (κ1) is 15.4. The lowest BCUT2D eigenvalue weighted by Crippen LogP contribution is -2.14. The number of aromatic nitrogens is 1. The summed E-state index contributed by atoms with van der Waals surface area (Å²) >= 11 is 17.5. The summed E-state index contributed by atoms with van der Waals surface area (Å²) in [5.41, 5.74) is 0.897. The van der Waals surface area contributed by atoms with Gasteiger partial charge in [-0.15, -0.1) is 0 Å². The number of halogens is 3. The monoisotopic (exact) mass is 350 g/mol. The van der Waals surface area contributed by atoms with Crippen molar-refractivity contribution in [1.82, 2.24) is 4.98 Å². The molecule has 0 saturated heterocycles. The molecule has 0 fully saturated rings. The Morgan fingerprint density at radius 2 is 1.80 bits per heavy atom. The molecule has 2 aromatic rings. The van der Waals surface area contributed by atoms with Gasteiger partial charge in [-0.05, 0) is 36.8 Å². The number of sulfonamides is 1. The molecule has 1 heterocycles. The zero-order valence-electron chi connectivity index (χ0n) is 10.2. The summed E-state index contributed by atoms with van der Waals surface area (Å²) in [6, 6.07) is 5.69. The fraction of sp³-hybridized carbons (Fsp3) is 0.0833. The molecule has 0 bridgehead atoms. The van der Waals surface area contributed by atoms with Crippen LogP contribution in [0.1, 0.15) is 5.56 Å². The van der Waals surface area contributed by atoms with Crippen LogP contribution >= 0.6 is 34.8 Å². The molecular formula is C12H9Cl3N2O2S. The summed E-state index contributed by atoms with van der Waals surface area (Å²) in [4.78, 5) is 3.83. The van der Waals surface area contributed by atoms with Gasteiger partial charge in [0, 0.05) is 6.20 Å². The van der Waals surface area contributed by atoms with E-state index in [4.69, 9.17) is 34.8 Å². The quantitative estimate of drug-likeness (QED) is 0.845. The van der Waals surface area contributed by atoms with Crippen LogP contribution in [0.15, 0.2) is 35.4 Å². The van der Waals surface area contributed by atoms with E-state index >= 15 is 0 Å². The minimum Gasteiger partial charge on any atom is -0.276 e. The van der Waals surface area contributed by atoms with Crippen molar-refractivity contribution in [2.45, 2.75) is 11.8 Å². The number of aryl methyl sites for hydroxylation is 1. The van der Waals surface area contributed by atoms with E-state index in [9.17, 15) is 8.42 Å². The van der Waals surface area contributed by atoms with Gasteiger partial charge in [-0.25, -0.2) is 13.4 Å². The number of benzene rings is 1. The van der Waals surface area contributed by atoms with E-state index in [1.54, 1.807) is 13.0 Å². The summed E-state index contributed by atoms with van der Waals surface area (Å²) < 4.78 is 26.9. The number of hydrogen-bond donors (Lipinski definition) is 1. The molecule has 1 aromatic heterocycles. The molecule has 20 heavy (non-hydrogen) atoms. The van der Waals surface area contributed by atoms with Gasteiger partial charge < -0.3 is 0 Å². The first-order chi connectivity index (χ1) is 9.31. The van der Waals surface area contributed by atoms with Crippen LogP contribution in [0.4, 0.5) is 5.69 Å². The van der Waals surface area contributed by atoms with Crippen LogP contribution in [-0.4, -0.2) is 13.4 Å². The molecule has 2 rings (SSSR count). The largest absolute Gasteiger partial charge is 0.276 e. The normalized spacial score (nSPS) is 11.4. The molecule has 1 N–H and O–H groups in total. The maximum absolute atomic E-state index is 12.3. The maximum atomic E-state index is 12.3. The van der Waals surface area contributed by atoms with E-state index in [1.165, 1.54) is 24.4 Å². The molecule has 0 aliphatic rings. The van der Waals surface area contributed by atoms with Crippen LogP contribution in [0.3, 0.4) is 0 Å². The molecule has 8 heteroatoms. The Hall–Kier alpha value is -1.01. The summed E-state index contributed by atoms with van der Waals surface area (Å²) in [5.74, 6) is 0. The Kier molecular flexibility index (Phi) is 4.44. The highest BCUT2D eigenvalue weighted by atomic mass is 35.5. The van der Waals surface area contributed by atoms with Gasteiger partial charge in [0.1, 0.15) is 0 Å². The van der Waals surface area contributed by atoms with E-state index in [1.807, 2.05) is 0 Å². The van der Waals surface area contributed by atoms with Gasteiger partial charge >= 0.3 is 0 Å². The molecule has 0 atom stereocenters. The molecular weight excluding hydrogens is 343 g/mol. The average Bonchev–Trinajstić information content (AvgIpc) is 2.37. The predicted molar refractivity (Wildman–Crippen MR) is 81.3 cm³/mol. The summed E-state index contributed by atoms with van der Waals surface area (Å²) in [6.45, 7) is 1.72. The second-order valence-corrected chi connectivity index (χ2v) is 6.83. The smallest absolute Gasteiger partial charge is 0.262 e. The molecule has 0 unspecified atom stereocenters. The molecule has 0 aliphatic carbocycles. The van der Waals surface area contributed by atoms with Crippen molar-refractivity contribution in [1.29, 1.82) is 0 Å². The molecule has 1 aromatic carbocycles. The van der Waals surface area contributed by atoms with Gasteiger partial charge in [-0.1, -0.05) is 34.8 Å². The van der Waals surface area contributed by atoms with Gasteiger partial charge in [0.25, 0.3) is 10.0 Å². The Balaban J connectivity index is 2.43. The third kappa shape index (κ3) is 3.17. The SMILES string of the molecule is Cc1ccnc(Cl)c1NS(=O)(=O)c1ccc(Cl)c(Cl)c1. The molecule has 0 saturated carbocycles. The second-order valence-electron chi connectivity index (χ2n) is 3.98. The van der Waals surface area contributed by atoms with Crippen molar-refractivity contribution >= 4 is 50.5 Å². The van der Waals surface area contributed by atoms with Crippen molar-refractivity contribution in [3.05, 3.63) is 51.2 Å². The summed E-state index contributed by atoms with van der Waals surface area (Å²) in [5, 5.41) is 0.512. The summed E-state index contributed by atoms with van der Waals surface area (Å²) in [6.07, 6.45) is 1.49. The van der Waals surface area contributed by atoms with Gasteiger partial charge in [0.15, 0.2) is 5.15 Å². The zero-order chi connectivity index (χ0) is 14.9. The standard InChI is InChI=1S/C12H9Cl3N2O2S/c1-7-4-5-16-12(15)11(7)17-20(18,19)8-2-3-9(13)10(14)6-8/h2-6,17H,1H3. The van der Waals surface area contributed by atoms with Gasteiger partial charge in [0.05, 0.1) is 20.6 Å². The van der Waals surface area contributed by atoms with Crippen LogP contribution in [0, 0.1) is 6.92 Å². The van der Waals surface area contributed by atoms with Crippen LogP contribution in [0.5, 0.6) is 0 Å². The van der Waals surface area contributed by atoms with Crippen molar-refractivity contribution in [2.24, 2.45) is 0 Å². The lowest BCUT2D eigenvalue weighted by atomic mass is 10.3. The van der Waals surface area contributed by atoms with Crippen molar-refractivity contribution in [2.75, 3.05) is 4.72 Å². The van der Waals surface area contributed by atoms with Crippen molar-refractivity contribution < 1.29 is 8.42 Å². The Bertz CT molecular complexity index is 743. The van der Waals surface area contributed by atoms with Crippen LogP contribution < -0.4 is 4.72 Å². The third-order valence-corrected chi connectivity index (χ3v) is 4.92. The fourth-order valence-corrected chi connectivity index (χ4v) is 3.32. The highest BCUT2D eigenvalue weighted by Crippen LogP contribution is 2.28. The number of pyridine rings is 1. The fourth-order valence-electron chi connectivity index (χ4n) is 1.48. The first-order valence-electron chi connectivity index (χ1n) is 5.40. The molecule has 0 aliphatic heterocycles. The molecule has 4 nitrogen and oxygen atoms in total. The number of nitrogens with zero attached hydrogens (tertiary/aromatic N) is 1. The van der Waals surface area contributed by atoms with Crippen molar-refractivity contribution in [3.63, 3.8) is 0 Å². The average molecular weight is 352 g/mol. The predicted octanol–water partition coefficient (Wildman–Crippen LogP) is 4.15. The maximum Gasteiger partial charge on any atom is 0.262 e. The molecule has 0 spiro atoms. The van der Waals surface area contributed by atoms with Gasteiger partial charge in [0.2, 0.25) is 0 Å². The van der Waals surface area contributed by atoms with E-state index in [0.717, 1.165) is 0 Å². The highest BCUT2D eigenvalue weighted by molar-refractivity contribution is 7.92. The third-order valence-electron chi connectivity index (χ3n) is 2.55. The molecule has 0 amide bonds. The number of rotatable bonds is 3.